The third kappa shape index (κ3) is 5.48. The first kappa shape index (κ1) is 22.6. The highest BCUT2D eigenvalue weighted by Gasteiger charge is 2.23. The van der Waals surface area contributed by atoms with Crippen molar-refractivity contribution in [3.63, 3.8) is 0 Å². The van der Waals surface area contributed by atoms with Gasteiger partial charge in [-0.1, -0.05) is 18.2 Å². The average Bonchev–Trinajstić information content (AvgIpc) is 3.20. The lowest BCUT2D eigenvalue weighted by molar-refractivity contribution is -0.132. The molecule has 0 bridgehead atoms. The number of ether oxygens (including phenoxy) is 2. The molecule has 1 N–H and O–H groups in total. The van der Waals surface area contributed by atoms with E-state index in [1.807, 2.05) is 17.0 Å². The van der Waals surface area contributed by atoms with E-state index in [-0.39, 0.29) is 12.5 Å². The van der Waals surface area contributed by atoms with Crippen molar-refractivity contribution < 1.29 is 19.4 Å². The molecular formula is C26H32N2O4S. The minimum Gasteiger partial charge on any atom is -0.454 e. The van der Waals surface area contributed by atoms with Crippen molar-refractivity contribution in [2.45, 2.75) is 43.7 Å². The molecule has 3 aliphatic rings. The minimum atomic E-state index is 0.0594. The van der Waals surface area contributed by atoms with E-state index in [1.165, 1.54) is 28.9 Å². The number of aliphatic hydroxyl groups excluding tert-OH is 1. The second-order valence-corrected chi connectivity index (χ2v) is 10.3. The highest BCUT2D eigenvalue weighted by Crippen LogP contribution is 2.34. The second kappa shape index (κ2) is 10.4. The van der Waals surface area contributed by atoms with Gasteiger partial charge in [0.05, 0.1) is 6.61 Å². The Morgan fingerprint density at radius 2 is 1.85 bits per heavy atom. The standard InChI is InChI=1S/C26H32N2O4S/c29-17-21-1-3-22-16-28(11-12-33-25(22)15-21)26(30)7-10-27-8-5-19(6-9-27)13-20-2-4-23-24(14-20)32-18-31-23/h1-4,14-15,19,29H,5-13,16-18H2. The van der Waals surface area contributed by atoms with Gasteiger partial charge in [0.15, 0.2) is 11.5 Å². The number of carbonyl (C=O) groups excluding carboxylic acids is 1. The third-order valence-electron chi connectivity index (χ3n) is 6.96. The molecule has 176 valence electrons. The molecule has 0 radical (unpaired) electrons. The van der Waals surface area contributed by atoms with Crippen LogP contribution in [0.25, 0.3) is 0 Å². The largest absolute Gasteiger partial charge is 0.454 e. The molecule has 1 fully saturated rings. The van der Waals surface area contributed by atoms with Crippen LogP contribution in [0.2, 0.25) is 0 Å². The van der Waals surface area contributed by atoms with Gasteiger partial charge in [0.25, 0.3) is 0 Å². The number of rotatable bonds is 6. The molecule has 3 heterocycles. The summed E-state index contributed by atoms with van der Waals surface area (Å²) in [6.07, 6.45) is 4.00. The van der Waals surface area contributed by atoms with E-state index in [4.69, 9.17) is 9.47 Å². The van der Waals surface area contributed by atoms with E-state index in [0.29, 0.717) is 25.7 Å². The van der Waals surface area contributed by atoms with Crippen LogP contribution in [0, 0.1) is 5.92 Å². The van der Waals surface area contributed by atoms with E-state index >= 15 is 0 Å². The number of nitrogens with zero attached hydrogens (tertiary/aromatic N) is 2. The molecule has 0 unspecified atom stereocenters. The maximum atomic E-state index is 13.0. The summed E-state index contributed by atoms with van der Waals surface area (Å²) in [5.41, 5.74) is 3.44. The first-order valence-corrected chi connectivity index (χ1v) is 12.9. The van der Waals surface area contributed by atoms with E-state index < -0.39 is 0 Å². The topological polar surface area (TPSA) is 62.2 Å². The van der Waals surface area contributed by atoms with Crippen molar-refractivity contribution in [1.82, 2.24) is 9.80 Å². The molecule has 0 spiro atoms. The number of hydrogen-bond donors (Lipinski definition) is 1. The summed E-state index contributed by atoms with van der Waals surface area (Å²) >= 11 is 1.78. The van der Waals surface area contributed by atoms with Gasteiger partial charge in [-0.15, -0.1) is 11.8 Å². The molecule has 1 amide bonds. The molecule has 7 heteroatoms. The molecule has 0 saturated carbocycles. The van der Waals surface area contributed by atoms with Crippen LogP contribution in [0.5, 0.6) is 11.5 Å². The first-order valence-electron chi connectivity index (χ1n) is 11.9. The van der Waals surface area contributed by atoms with Crippen LogP contribution in [-0.4, -0.2) is 59.5 Å². The molecule has 1 saturated heterocycles. The van der Waals surface area contributed by atoms with Gasteiger partial charge in [0.2, 0.25) is 12.7 Å². The Labute approximate surface area is 199 Å². The van der Waals surface area contributed by atoms with Gasteiger partial charge in [0, 0.05) is 36.7 Å². The second-order valence-electron chi connectivity index (χ2n) is 9.19. The maximum absolute atomic E-state index is 13.0. The summed E-state index contributed by atoms with van der Waals surface area (Å²) in [6, 6.07) is 12.4. The van der Waals surface area contributed by atoms with Gasteiger partial charge in [0.1, 0.15) is 0 Å². The van der Waals surface area contributed by atoms with Crippen LogP contribution in [0.1, 0.15) is 36.0 Å². The number of fused-ring (bicyclic) bond motifs is 2. The summed E-state index contributed by atoms with van der Waals surface area (Å²) in [6.45, 7) is 4.80. The number of hydrogen-bond acceptors (Lipinski definition) is 6. The highest BCUT2D eigenvalue weighted by molar-refractivity contribution is 7.99. The minimum absolute atomic E-state index is 0.0594. The molecule has 2 aromatic carbocycles. The predicted molar refractivity (Wildman–Crippen MR) is 129 cm³/mol. The Morgan fingerprint density at radius 3 is 2.70 bits per heavy atom. The Hall–Kier alpha value is -2.22. The van der Waals surface area contributed by atoms with E-state index in [9.17, 15) is 9.90 Å². The van der Waals surface area contributed by atoms with Gasteiger partial charge in [-0.25, -0.2) is 0 Å². The molecule has 0 aromatic heterocycles. The normalized spacial score (nSPS) is 18.8. The summed E-state index contributed by atoms with van der Waals surface area (Å²) in [7, 11) is 0. The molecular weight excluding hydrogens is 436 g/mol. The summed E-state index contributed by atoms with van der Waals surface area (Å²) < 4.78 is 10.9. The molecule has 0 atom stereocenters. The van der Waals surface area contributed by atoms with Crippen molar-refractivity contribution in [2.75, 3.05) is 38.7 Å². The monoisotopic (exact) mass is 468 g/mol. The van der Waals surface area contributed by atoms with Crippen LogP contribution >= 0.6 is 11.8 Å². The fourth-order valence-electron chi connectivity index (χ4n) is 4.95. The lowest BCUT2D eigenvalue weighted by Gasteiger charge is -2.32. The van der Waals surface area contributed by atoms with E-state index in [2.05, 4.69) is 29.2 Å². The highest BCUT2D eigenvalue weighted by atomic mass is 32.2. The number of piperidine rings is 1. The SMILES string of the molecule is O=C(CCN1CCC(Cc2ccc3c(c2)OCO3)CC1)N1CCSc2cc(CO)ccc2C1. The number of carbonyl (C=O) groups is 1. The number of amides is 1. The lowest BCUT2D eigenvalue weighted by Crippen LogP contribution is -2.38. The van der Waals surface area contributed by atoms with Gasteiger partial charge >= 0.3 is 0 Å². The van der Waals surface area contributed by atoms with Gasteiger partial charge < -0.3 is 24.4 Å². The molecule has 5 rings (SSSR count). The summed E-state index contributed by atoms with van der Waals surface area (Å²) in [5, 5.41) is 9.38. The summed E-state index contributed by atoms with van der Waals surface area (Å²) in [4.78, 5) is 18.6. The number of likely N-dealkylation sites (tertiary alicyclic amines) is 1. The third-order valence-corrected chi connectivity index (χ3v) is 8.03. The molecule has 0 aliphatic carbocycles. The van der Waals surface area contributed by atoms with Crippen molar-refractivity contribution >= 4 is 17.7 Å². The Kier molecular flexibility index (Phi) is 7.09. The van der Waals surface area contributed by atoms with Crippen molar-refractivity contribution in [1.29, 1.82) is 0 Å². The average molecular weight is 469 g/mol. The smallest absolute Gasteiger partial charge is 0.231 e. The van der Waals surface area contributed by atoms with Crippen LogP contribution in [0.15, 0.2) is 41.3 Å². The van der Waals surface area contributed by atoms with Crippen molar-refractivity contribution in [2.24, 2.45) is 5.92 Å². The van der Waals surface area contributed by atoms with Crippen molar-refractivity contribution in [3.05, 3.63) is 53.1 Å². The Balaban J connectivity index is 1.07. The van der Waals surface area contributed by atoms with Crippen LogP contribution in [0.4, 0.5) is 0 Å². The first-order chi connectivity index (χ1) is 16.2. The lowest BCUT2D eigenvalue weighted by atomic mass is 9.90. The van der Waals surface area contributed by atoms with Crippen LogP contribution in [-0.2, 0) is 24.4 Å². The fraction of sp³-hybridized carbons (Fsp3) is 0.500. The zero-order chi connectivity index (χ0) is 22.6. The molecule has 33 heavy (non-hydrogen) atoms. The maximum Gasteiger partial charge on any atom is 0.231 e. The van der Waals surface area contributed by atoms with Gasteiger partial charge in [-0.2, -0.15) is 0 Å². The number of thioether (sulfide) groups is 1. The van der Waals surface area contributed by atoms with E-state index in [0.717, 1.165) is 55.4 Å². The van der Waals surface area contributed by atoms with Gasteiger partial charge in [-0.3, -0.25) is 4.79 Å². The van der Waals surface area contributed by atoms with Gasteiger partial charge in [-0.05, 0) is 73.2 Å². The predicted octanol–water partition coefficient (Wildman–Crippen LogP) is 3.69. The fourth-order valence-corrected chi connectivity index (χ4v) is 6.04. The Morgan fingerprint density at radius 1 is 1.03 bits per heavy atom. The zero-order valence-corrected chi connectivity index (χ0v) is 19.8. The number of aliphatic hydroxyl groups is 1. The number of benzene rings is 2. The Bertz CT molecular complexity index is 990. The van der Waals surface area contributed by atoms with Crippen LogP contribution < -0.4 is 9.47 Å². The molecule has 6 nitrogen and oxygen atoms in total. The molecule has 2 aromatic rings. The summed E-state index contributed by atoms with van der Waals surface area (Å²) in [5.74, 6) is 3.54. The zero-order valence-electron chi connectivity index (χ0n) is 19.0. The van der Waals surface area contributed by atoms with E-state index in [1.54, 1.807) is 11.8 Å². The van der Waals surface area contributed by atoms with Crippen molar-refractivity contribution in [3.8, 4) is 11.5 Å². The van der Waals surface area contributed by atoms with Crippen LogP contribution in [0.3, 0.4) is 0 Å². The quantitative estimate of drug-likeness (QED) is 0.698. The molecule has 3 aliphatic heterocycles.